The number of ether oxygens (including phenoxy) is 1. The van der Waals surface area contributed by atoms with Crippen molar-refractivity contribution in [2.24, 2.45) is 5.92 Å². The van der Waals surface area contributed by atoms with Crippen LogP contribution < -0.4 is 0 Å². The van der Waals surface area contributed by atoms with E-state index in [9.17, 15) is 9.59 Å². The summed E-state index contributed by atoms with van der Waals surface area (Å²) >= 11 is 0. The van der Waals surface area contributed by atoms with E-state index in [4.69, 9.17) is 9.84 Å². The molecule has 7 heteroatoms. The van der Waals surface area contributed by atoms with E-state index < -0.39 is 5.60 Å². The number of carbonyl (C=O) groups is 2. The predicted octanol–water partition coefficient (Wildman–Crippen LogP) is 2.29. The first-order valence-corrected chi connectivity index (χ1v) is 8.90. The highest BCUT2D eigenvalue weighted by molar-refractivity contribution is 5.94. The molecule has 1 aromatic rings. The van der Waals surface area contributed by atoms with Crippen LogP contribution in [0.15, 0.2) is 0 Å². The second-order valence-corrected chi connectivity index (χ2v) is 8.41. The van der Waals surface area contributed by atoms with Crippen molar-refractivity contribution < 1.29 is 14.3 Å². The smallest absolute Gasteiger partial charge is 0.410 e. The summed E-state index contributed by atoms with van der Waals surface area (Å²) in [7, 11) is 1.82. The molecular weight excluding hydrogens is 320 g/mol. The van der Waals surface area contributed by atoms with Crippen molar-refractivity contribution in [3.05, 3.63) is 17.0 Å². The highest BCUT2D eigenvalue weighted by Crippen LogP contribution is 2.29. The SMILES string of the molecule is CC1CN(C)C(=O)c2c3c(nn2C1)C[C@@H](C)N(C(=O)OC(C)(C)C)C3. The fourth-order valence-corrected chi connectivity index (χ4v) is 3.62. The highest BCUT2D eigenvalue weighted by Gasteiger charge is 2.37. The summed E-state index contributed by atoms with van der Waals surface area (Å²) in [5.74, 6) is 0.327. The molecule has 3 rings (SSSR count). The number of carbonyl (C=O) groups excluding carboxylic acids is 2. The normalized spacial score (nSPS) is 23.8. The zero-order valence-electron chi connectivity index (χ0n) is 16.0. The van der Waals surface area contributed by atoms with E-state index in [1.54, 1.807) is 9.80 Å². The lowest BCUT2D eigenvalue weighted by atomic mass is 9.99. The molecule has 3 heterocycles. The lowest BCUT2D eigenvalue weighted by Crippen LogP contribution is -2.45. The maximum absolute atomic E-state index is 12.8. The summed E-state index contributed by atoms with van der Waals surface area (Å²) in [4.78, 5) is 28.9. The average molecular weight is 348 g/mol. The molecular formula is C18H28N4O3. The molecule has 0 aliphatic carbocycles. The van der Waals surface area contributed by atoms with E-state index >= 15 is 0 Å². The van der Waals surface area contributed by atoms with Gasteiger partial charge in [-0.2, -0.15) is 5.10 Å². The first-order valence-electron chi connectivity index (χ1n) is 8.90. The Morgan fingerprint density at radius 1 is 1.24 bits per heavy atom. The highest BCUT2D eigenvalue weighted by atomic mass is 16.6. The minimum absolute atomic E-state index is 0.00764. The largest absolute Gasteiger partial charge is 0.444 e. The molecule has 25 heavy (non-hydrogen) atoms. The van der Waals surface area contributed by atoms with E-state index in [1.165, 1.54) is 0 Å². The molecule has 138 valence electrons. The van der Waals surface area contributed by atoms with Gasteiger partial charge in [0.05, 0.1) is 12.2 Å². The van der Waals surface area contributed by atoms with Crippen LogP contribution in [-0.4, -0.2) is 56.8 Å². The van der Waals surface area contributed by atoms with Crippen molar-refractivity contribution in [2.45, 2.75) is 65.8 Å². The topological polar surface area (TPSA) is 67.7 Å². The Kier molecular flexibility index (Phi) is 4.29. The van der Waals surface area contributed by atoms with E-state index in [2.05, 4.69) is 6.92 Å². The van der Waals surface area contributed by atoms with Gasteiger partial charge < -0.3 is 14.5 Å². The number of nitrogens with zero attached hydrogens (tertiary/aromatic N) is 4. The van der Waals surface area contributed by atoms with Crippen molar-refractivity contribution in [1.82, 2.24) is 19.6 Å². The predicted molar refractivity (Wildman–Crippen MR) is 93.3 cm³/mol. The number of amides is 2. The van der Waals surface area contributed by atoms with Gasteiger partial charge in [-0.15, -0.1) is 0 Å². The molecule has 2 amide bonds. The molecule has 0 N–H and O–H groups in total. The molecule has 1 aromatic heterocycles. The van der Waals surface area contributed by atoms with Crippen molar-refractivity contribution >= 4 is 12.0 Å². The fraction of sp³-hybridized carbons (Fsp3) is 0.722. The Hall–Kier alpha value is -2.05. The summed E-state index contributed by atoms with van der Waals surface area (Å²) in [6, 6.07) is -0.00764. The fourth-order valence-electron chi connectivity index (χ4n) is 3.62. The Labute approximate surface area is 148 Å². The van der Waals surface area contributed by atoms with Crippen molar-refractivity contribution in [1.29, 1.82) is 0 Å². The van der Waals surface area contributed by atoms with Crippen LogP contribution in [0.5, 0.6) is 0 Å². The maximum Gasteiger partial charge on any atom is 0.410 e. The summed E-state index contributed by atoms with van der Waals surface area (Å²) in [6.45, 7) is 11.5. The van der Waals surface area contributed by atoms with Crippen LogP contribution in [0.1, 0.15) is 56.4 Å². The van der Waals surface area contributed by atoms with Gasteiger partial charge in [-0.05, 0) is 33.6 Å². The van der Waals surface area contributed by atoms with Crippen LogP contribution in [0.25, 0.3) is 0 Å². The third-order valence-corrected chi connectivity index (χ3v) is 4.73. The van der Waals surface area contributed by atoms with Gasteiger partial charge in [-0.25, -0.2) is 4.79 Å². The number of fused-ring (bicyclic) bond motifs is 3. The minimum atomic E-state index is -0.543. The van der Waals surface area contributed by atoms with Gasteiger partial charge in [0.25, 0.3) is 5.91 Å². The molecule has 2 atom stereocenters. The standard InChI is InChI=1S/C18H28N4O3/c1-11-8-20(6)16(23)15-13-10-21(17(24)25-18(3,4)5)12(2)7-14(13)19-22(15)9-11/h11-12H,7-10H2,1-6H3/t11?,12-/m1/s1. The monoisotopic (exact) mass is 348 g/mol. The Morgan fingerprint density at radius 3 is 2.56 bits per heavy atom. The van der Waals surface area contributed by atoms with Gasteiger partial charge in [0, 0.05) is 38.2 Å². The summed E-state index contributed by atoms with van der Waals surface area (Å²) in [6.07, 6.45) is 0.299. The molecule has 1 unspecified atom stereocenters. The van der Waals surface area contributed by atoms with Crippen LogP contribution in [0, 0.1) is 5.92 Å². The number of rotatable bonds is 0. The second kappa shape index (κ2) is 6.04. The zero-order valence-corrected chi connectivity index (χ0v) is 16.0. The van der Waals surface area contributed by atoms with Crippen molar-refractivity contribution in [3.63, 3.8) is 0 Å². The van der Waals surface area contributed by atoms with Gasteiger partial charge in [0.15, 0.2) is 0 Å². The van der Waals surface area contributed by atoms with Gasteiger partial charge >= 0.3 is 6.09 Å². The Balaban J connectivity index is 1.95. The lowest BCUT2D eigenvalue weighted by Gasteiger charge is -2.34. The third kappa shape index (κ3) is 3.37. The van der Waals surface area contributed by atoms with Crippen LogP contribution in [0.3, 0.4) is 0 Å². The average Bonchev–Trinajstić information content (AvgIpc) is 2.74. The van der Waals surface area contributed by atoms with Gasteiger partial charge in [0.1, 0.15) is 11.3 Å². The van der Waals surface area contributed by atoms with E-state index in [-0.39, 0.29) is 18.0 Å². The summed E-state index contributed by atoms with van der Waals surface area (Å²) < 4.78 is 7.38. The lowest BCUT2D eigenvalue weighted by molar-refractivity contribution is 0.0136. The first-order chi connectivity index (χ1) is 11.6. The molecule has 0 bridgehead atoms. The molecule has 0 spiro atoms. The summed E-state index contributed by atoms with van der Waals surface area (Å²) in [5.41, 5.74) is 1.88. The first kappa shape index (κ1) is 17.8. The maximum atomic E-state index is 12.8. The molecule has 0 fully saturated rings. The molecule has 0 saturated heterocycles. The summed E-state index contributed by atoms with van der Waals surface area (Å²) in [5, 5.41) is 4.70. The van der Waals surface area contributed by atoms with Crippen molar-refractivity contribution in [2.75, 3.05) is 13.6 Å². The van der Waals surface area contributed by atoms with Crippen LogP contribution >= 0.6 is 0 Å². The van der Waals surface area contributed by atoms with Crippen LogP contribution in [0.4, 0.5) is 4.79 Å². The minimum Gasteiger partial charge on any atom is -0.444 e. The van der Waals surface area contributed by atoms with E-state index in [0.29, 0.717) is 31.1 Å². The van der Waals surface area contributed by atoms with E-state index in [1.807, 2.05) is 39.4 Å². The molecule has 0 radical (unpaired) electrons. The third-order valence-electron chi connectivity index (χ3n) is 4.73. The second-order valence-electron chi connectivity index (χ2n) is 8.41. The number of hydrogen-bond donors (Lipinski definition) is 0. The quantitative estimate of drug-likeness (QED) is 0.721. The van der Waals surface area contributed by atoms with Gasteiger partial charge in [-0.3, -0.25) is 9.48 Å². The van der Waals surface area contributed by atoms with Crippen LogP contribution in [-0.2, 0) is 24.2 Å². The van der Waals surface area contributed by atoms with E-state index in [0.717, 1.165) is 17.8 Å². The number of hydrogen-bond acceptors (Lipinski definition) is 4. The molecule has 7 nitrogen and oxygen atoms in total. The Morgan fingerprint density at radius 2 is 1.92 bits per heavy atom. The molecule has 2 aliphatic heterocycles. The van der Waals surface area contributed by atoms with Crippen molar-refractivity contribution in [3.8, 4) is 0 Å². The van der Waals surface area contributed by atoms with Gasteiger partial charge in [0.2, 0.25) is 0 Å². The number of aromatic nitrogens is 2. The van der Waals surface area contributed by atoms with Gasteiger partial charge in [-0.1, -0.05) is 6.92 Å². The zero-order chi connectivity index (χ0) is 18.5. The van der Waals surface area contributed by atoms with Crippen LogP contribution in [0.2, 0.25) is 0 Å². The Bertz CT molecular complexity index is 704. The molecule has 0 saturated carbocycles. The molecule has 2 aliphatic rings. The molecule has 0 aromatic carbocycles.